The van der Waals surface area contributed by atoms with Gasteiger partial charge in [-0.3, -0.25) is 4.79 Å². The highest BCUT2D eigenvalue weighted by molar-refractivity contribution is 7.13. The Balaban J connectivity index is 0.00000147. The Bertz CT molecular complexity index is 565. The van der Waals surface area contributed by atoms with Crippen LogP contribution in [-0.4, -0.2) is 18.5 Å². The second-order valence-corrected chi connectivity index (χ2v) is 5.61. The lowest BCUT2D eigenvalue weighted by atomic mass is 10.1. The summed E-state index contributed by atoms with van der Waals surface area (Å²) in [6, 6.07) is 12.0. The number of nitrogens with one attached hydrogen (secondary N) is 2. The second kappa shape index (κ2) is 6.88. The van der Waals surface area contributed by atoms with Crippen molar-refractivity contribution in [2.24, 2.45) is 0 Å². The van der Waals surface area contributed by atoms with Gasteiger partial charge in [-0.25, -0.2) is 0 Å². The number of benzene rings is 1. The van der Waals surface area contributed by atoms with E-state index < -0.39 is 0 Å². The van der Waals surface area contributed by atoms with Gasteiger partial charge in [0, 0.05) is 16.1 Å². The zero-order valence-electron chi connectivity index (χ0n) is 11.0. The Morgan fingerprint density at radius 3 is 2.80 bits per heavy atom. The van der Waals surface area contributed by atoms with E-state index in [0.717, 1.165) is 30.6 Å². The molecule has 1 fully saturated rings. The monoisotopic (exact) mass is 308 g/mol. The molecule has 0 bridgehead atoms. The molecule has 2 heterocycles. The van der Waals surface area contributed by atoms with E-state index in [-0.39, 0.29) is 24.4 Å². The number of carbonyl (C=O) groups is 1. The van der Waals surface area contributed by atoms with Crippen LogP contribution < -0.4 is 10.6 Å². The van der Waals surface area contributed by atoms with E-state index in [4.69, 9.17) is 0 Å². The summed E-state index contributed by atoms with van der Waals surface area (Å²) in [6.45, 7) is 0.935. The third kappa shape index (κ3) is 3.20. The van der Waals surface area contributed by atoms with Gasteiger partial charge in [0.05, 0.1) is 6.04 Å². The van der Waals surface area contributed by atoms with Crippen LogP contribution in [0.1, 0.15) is 12.8 Å². The minimum atomic E-state index is -0.0450. The van der Waals surface area contributed by atoms with E-state index in [1.54, 1.807) is 11.3 Å². The molecule has 3 rings (SSSR count). The molecule has 2 N–H and O–H groups in total. The van der Waals surface area contributed by atoms with Gasteiger partial charge in [0.1, 0.15) is 0 Å². The molecule has 0 radical (unpaired) electrons. The van der Waals surface area contributed by atoms with Gasteiger partial charge in [-0.15, -0.1) is 23.7 Å². The highest BCUT2D eigenvalue weighted by atomic mass is 35.5. The molecule has 0 spiro atoms. The minimum absolute atomic E-state index is 0. The Hall–Kier alpha value is -1.36. The molecule has 1 aliphatic rings. The maximum atomic E-state index is 12.2. The van der Waals surface area contributed by atoms with Crippen LogP contribution in [0, 0.1) is 0 Å². The topological polar surface area (TPSA) is 41.1 Å². The summed E-state index contributed by atoms with van der Waals surface area (Å²) in [5.74, 6) is 0.0708. The molecular weight excluding hydrogens is 292 g/mol. The molecule has 0 saturated carbocycles. The molecule has 0 aliphatic carbocycles. The summed E-state index contributed by atoms with van der Waals surface area (Å²) < 4.78 is 0. The summed E-state index contributed by atoms with van der Waals surface area (Å²) in [5.41, 5.74) is 1.98. The Morgan fingerprint density at radius 1 is 1.25 bits per heavy atom. The normalized spacial score (nSPS) is 17.5. The Labute approximate surface area is 128 Å². The van der Waals surface area contributed by atoms with Crippen LogP contribution in [0.4, 0.5) is 5.69 Å². The molecule has 3 nitrogen and oxygen atoms in total. The smallest absolute Gasteiger partial charge is 0.241 e. The van der Waals surface area contributed by atoms with Gasteiger partial charge in [-0.2, -0.15) is 0 Å². The van der Waals surface area contributed by atoms with Gasteiger partial charge in [0.25, 0.3) is 0 Å². The molecule has 106 valence electrons. The third-order valence-corrected chi connectivity index (χ3v) is 4.25. The molecule has 1 aromatic heterocycles. The molecule has 1 aliphatic heterocycles. The average molecular weight is 309 g/mol. The number of hydrogen-bond donors (Lipinski definition) is 2. The Kier molecular flexibility index (Phi) is 5.17. The summed E-state index contributed by atoms with van der Waals surface area (Å²) in [5, 5.41) is 8.32. The van der Waals surface area contributed by atoms with Crippen molar-refractivity contribution in [3.8, 4) is 10.4 Å². The van der Waals surface area contributed by atoms with Crippen molar-refractivity contribution in [3.05, 3.63) is 41.8 Å². The number of thiophene rings is 1. The largest absolute Gasteiger partial charge is 0.324 e. The highest BCUT2D eigenvalue weighted by Crippen LogP contribution is 2.31. The zero-order valence-corrected chi connectivity index (χ0v) is 12.6. The lowest BCUT2D eigenvalue weighted by Crippen LogP contribution is -2.35. The maximum Gasteiger partial charge on any atom is 0.241 e. The van der Waals surface area contributed by atoms with Crippen LogP contribution in [0.2, 0.25) is 0 Å². The first-order valence-corrected chi connectivity index (χ1v) is 7.40. The predicted octanol–water partition coefficient (Wildman–Crippen LogP) is 3.53. The summed E-state index contributed by atoms with van der Waals surface area (Å²) in [4.78, 5) is 13.3. The van der Waals surface area contributed by atoms with Crippen molar-refractivity contribution < 1.29 is 4.79 Å². The van der Waals surface area contributed by atoms with Gasteiger partial charge in [0.15, 0.2) is 0 Å². The van der Waals surface area contributed by atoms with Crippen LogP contribution in [0.25, 0.3) is 10.4 Å². The van der Waals surface area contributed by atoms with Gasteiger partial charge in [0.2, 0.25) is 5.91 Å². The van der Waals surface area contributed by atoms with Crippen LogP contribution in [0.5, 0.6) is 0 Å². The maximum absolute atomic E-state index is 12.2. The van der Waals surface area contributed by atoms with Gasteiger partial charge in [-0.05, 0) is 36.9 Å². The van der Waals surface area contributed by atoms with Crippen molar-refractivity contribution in [1.82, 2.24) is 5.32 Å². The number of amides is 1. The molecule has 1 saturated heterocycles. The first-order chi connectivity index (χ1) is 9.34. The van der Waals surface area contributed by atoms with Crippen molar-refractivity contribution in [2.45, 2.75) is 18.9 Å². The number of rotatable bonds is 3. The van der Waals surface area contributed by atoms with E-state index in [1.165, 1.54) is 4.88 Å². The number of anilines is 1. The summed E-state index contributed by atoms with van der Waals surface area (Å²) in [6.07, 6.45) is 2.00. The fourth-order valence-electron chi connectivity index (χ4n) is 2.37. The predicted molar refractivity (Wildman–Crippen MR) is 86.7 cm³/mol. The highest BCUT2D eigenvalue weighted by Gasteiger charge is 2.22. The molecule has 2 aromatic rings. The molecule has 1 atom stereocenters. The number of halogens is 1. The van der Waals surface area contributed by atoms with E-state index in [9.17, 15) is 4.79 Å². The number of para-hydroxylation sites is 1. The fourth-order valence-corrected chi connectivity index (χ4v) is 3.13. The van der Waals surface area contributed by atoms with Crippen molar-refractivity contribution >= 4 is 35.3 Å². The standard InChI is InChI=1S/C15H16N2OS.ClH/c18-15(13-7-3-9-16-13)17-12-6-2-1-5-11(12)14-8-4-10-19-14;/h1-2,4-6,8,10,13,16H,3,7,9H2,(H,17,18);1H. The quantitative estimate of drug-likeness (QED) is 0.911. The molecule has 1 amide bonds. The van der Waals surface area contributed by atoms with Crippen molar-refractivity contribution in [2.75, 3.05) is 11.9 Å². The molecule has 1 unspecified atom stereocenters. The van der Waals surface area contributed by atoms with Crippen LogP contribution in [-0.2, 0) is 4.79 Å². The SMILES string of the molecule is Cl.O=C(Nc1ccccc1-c1cccs1)C1CCCN1. The van der Waals surface area contributed by atoms with E-state index in [2.05, 4.69) is 16.7 Å². The molecule has 1 aromatic carbocycles. The van der Waals surface area contributed by atoms with E-state index in [0.29, 0.717) is 0 Å². The first kappa shape index (κ1) is 15.0. The zero-order chi connectivity index (χ0) is 13.1. The van der Waals surface area contributed by atoms with Crippen LogP contribution >= 0.6 is 23.7 Å². The number of carbonyl (C=O) groups excluding carboxylic acids is 1. The van der Waals surface area contributed by atoms with Crippen LogP contribution in [0.3, 0.4) is 0 Å². The summed E-state index contributed by atoms with van der Waals surface area (Å²) in [7, 11) is 0. The first-order valence-electron chi connectivity index (χ1n) is 6.52. The van der Waals surface area contributed by atoms with Crippen LogP contribution in [0.15, 0.2) is 41.8 Å². The van der Waals surface area contributed by atoms with Crippen molar-refractivity contribution in [3.63, 3.8) is 0 Å². The van der Waals surface area contributed by atoms with E-state index in [1.807, 2.05) is 35.7 Å². The number of hydrogen-bond acceptors (Lipinski definition) is 3. The second-order valence-electron chi connectivity index (χ2n) is 4.66. The van der Waals surface area contributed by atoms with Crippen molar-refractivity contribution in [1.29, 1.82) is 0 Å². The third-order valence-electron chi connectivity index (χ3n) is 3.35. The van der Waals surface area contributed by atoms with Gasteiger partial charge >= 0.3 is 0 Å². The average Bonchev–Trinajstić information content (AvgIpc) is 3.13. The Morgan fingerprint density at radius 2 is 2.10 bits per heavy atom. The molecule has 20 heavy (non-hydrogen) atoms. The minimum Gasteiger partial charge on any atom is -0.324 e. The summed E-state index contributed by atoms with van der Waals surface area (Å²) >= 11 is 1.68. The fraction of sp³-hybridized carbons (Fsp3) is 0.267. The van der Waals surface area contributed by atoms with Gasteiger partial charge in [-0.1, -0.05) is 24.3 Å². The van der Waals surface area contributed by atoms with E-state index >= 15 is 0 Å². The lowest BCUT2D eigenvalue weighted by molar-refractivity contribution is -0.117. The van der Waals surface area contributed by atoms with Gasteiger partial charge < -0.3 is 10.6 Å². The molecule has 5 heteroatoms. The lowest BCUT2D eigenvalue weighted by Gasteiger charge is -2.13. The molecular formula is C15H17ClN2OS.